The van der Waals surface area contributed by atoms with Gasteiger partial charge in [0.25, 0.3) is 0 Å². The molecule has 1 saturated heterocycles. The minimum absolute atomic E-state index is 0.0957. The third-order valence-corrected chi connectivity index (χ3v) is 2.93. The van der Waals surface area contributed by atoms with Crippen molar-refractivity contribution < 1.29 is 9.53 Å². The van der Waals surface area contributed by atoms with E-state index in [2.05, 4.69) is 22.5 Å². The molecule has 1 aliphatic heterocycles. The van der Waals surface area contributed by atoms with Crippen LogP contribution >= 0.6 is 0 Å². The van der Waals surface area contributed by atoms with Crippen LogP contribution in [-0.4, -0.2) is 62.8 Å². The Kier molecular flexibility index (Phi) is 7.16. The summed E-state index contributed by atoms with van der Waals surface area (Å²) < 4.78 is 5.63. The SMILES string of the molecule is CCNCCN1CCOC(CNC(=O)CC)C1. The second-order valence-corrected chi connectivity index (χ2v) is 4.30. The lowest BCUT2D eigenvalue weighted by Gasteiger charge is -2.33. The van der Waals surface area contributed by atoms with Crippen molar-refractivity contribution in [2.75, 3.05) is 45.9 Å². The minimum Gasteiger partial charge on any atom is -0.374 e. The first-order valence-electron chi connectivity index (χ1n) is 6.57. The first-order chi connectivity index (χ1) is 8.26. The lowest BCUT2D eigenvalue weighted by molar-refractivity contribution is -0.122. The largest absolute Gasteiger partial charge is 0.374 e. The summed E-state index contributed by atoms with van der Waals surface area (Å²) in [6, 6.07) is 0. The van der Waals surface area contributed by atoms with Crippen LogP contribution < -0.4 is 10.6 Å². The van der Waals surface area contributed by atoms with Gasteiger partial charge in [0.05, 0.1) is 12.7 Å². The Morgan fingerprint density at radius 1 is 1.47 bits per heavy atom. The van der Waals surface area contributed by atoms with Crippen LogP contribution in [0.4, 0.5) is 0 Å². The molecule has 1 fully saturated rings. The molecule has 1 amide bonds. The lowest BCUT2D eigenvalue weighted by Crippen LogP contribution is -2.49. The number of hydrogen-bond donors (Lipinski definition) is 2. The van der Waals surface area contributed by atoms with Crippen molar-refractivity contribution in [3.8, 4) is 0 Å². The summed E-state index contributed by atoms with van der Waals surface area (Å²) in [4.78, 5) is 13.5. The average molecular weight is 243 g/mol. The normalized spacial score (nSPS) is 21.4. The highest BCUT2D eigenvalue weighted by molar-refractivity contribution is 5.75. The molecule has 0 aromatic carbocycles. The van der Waals surface area contributed by atoms with Crippen LogP contribution in [0.15, 0.2) is 0 Å². The molecule has 1 unspecified atom stereocenters. The summed E-state index contributed by atoms with van der Waals surface area (Å²) in [7, 11) is 0. The maximum Gasteiger partial charge on any atom is 0.219 e. The fraction of sp³-hybridized carbons (Fsp3) is 0.917. The number of morpholine rings is 1. The number of amides is 1. The highest BCUT2D eigenvalue weighted by atomic mass is 16.5. The number of hydrogen-bond acceptors (Lipinski definition) is 4. The van der Waals surface area contributed by atoms with E-state index in [-0.39, 0.29) is 12.0 Å². The smallest absolute Gasteiger partial charge is 0.219 e. The predicted octanol–water partition coefficient (Wildman–Crippen LogP) is -0.177. The van der Waals surface area contributed by atoms with Gasteiger partial charge in [-0.2, -0.15) is 0 Å². The molecule has 0 saturated carbocycles. The Morgan fingerprint density at radius 2 is 2.29 bits per heavy atom. The molecular formula is C12H25N3O2. The van der Waals surface area contributed by atoms with Crippen LogP contribution in [0.2, 0.25) is 0 Å². The van der Waals surface area contributed by atoms with Crippen molar-refractivity contribution >= 4 is 5.91 Å². The number of rotatable bonds is 7. The second-order valence-electron chi connectivity index (χ2n) is 4.30. The molecule has 0 aliphatic carbocycles. The van der Waals surface area contributed by atoms with Gasteiger partial charge in [0.2, 0.25) is 5.91 Å². The van der Waals surface area contributed by atoms with Crippen LogP contribution in [0, 0.1) is 0 Å². The van der Waals surface area contributed by atoms with Gasteiger partial charge in [-0.15, -0.1) is 0 Å². The van der Waals surface area contributed by atoms with Crippen LogP contribution in [0.3, 0.4) is 0 Å². The van der Waals surface area contributed by atoms with Crippen molar-refractivity contribution in [2.24, 2.45) is 0 Å². The van der Waals surface area contributed by atoms with Crippen molar-refractivity contribution in [3.63, 3.8) is 0 Å². The van der Waals surface area contributed by atoms with Crippen molar-refractivity contribution in [2.45, 2.75) is 26.4 Å². The molecule has 17 heavy (non-hydrogen) atoms. The number of nitrogens with one attached hydrogen (secondary N) is 2. The highest BCUT2D eigenvalue weighted by Crippen LogP contribution is 2.03. The summed E-state index contributed by atoms with van der Waals surface area (Å²) in [5.41, 5.74) is 0. The second kappa shape index (κ2) is 8.44. The molecule has 1 heterocycles. The third-order valence-electron chi connectivity index (χ3n) is 2.93. The summed E-state index contributed by atoms with van der Waals surface area (Å²) in [6.07, 6.45) is 0.678. The summed E-state index contributed by atoms with van der Waals surface area (Å²) in [5.74, 6) is 0.0957. The quantitative estimate of drug-likeness (QED) is 0.609. The molecule has 0 aromatic heterocycles. The van der Waals surface area contributed by atoms with E-state index in [4.69, 9.17) is 4.74 Å². The van der Waals surface area contributed by atoms with E-state index in [0.29, 0.717) is 13.0 Å². The van der Waals surface area contributed by atoms with Gasteiger partial charge in [-0.25, -0.2) is 0 Å². The maximum absolute atomic E-state index is 11.2. The van der Waals surface area contributed by atoms with Gasteiger partial charge in [-0.1, -0.05) is 13.8 Å². The van der Waals surface area contributed by atoms with Gasteiger partial charge in [0.15, 0.2) is 0 Å². The van der Waals surface area contributed by atoms with E-state index >= 15 is 0 Å². The summed E-state index contributed by atoms with van der Waals surface area (Å²) >= 11 is 0. The van der Waals surface area contributed by atoms with Gasteiger partial charge in [-0.3, -0.25) is 9.69 Å². The van der Waals surface area contributed by atoms with E-state index in [1.54, 1.807) is 0 Å². The Hall–Kier alpha value is -0.650. The molecule has 1 atom stereocenters. The molecule has 1 rings (SSSR count). The molecule has 0 bridgehead atoms. The first kappa shape index (κ1) is 14.4. The van der Waals surface area contributed by atoms with Crippen molar-refractivity contribution in [3.05, 3.63) is 0 Å². The first-order valence-corrected chi connectivity index (χ1v) is 6.57. The van der Waals surface area contributed by atoms with Crippen molar-refractivity contribution in [1.82, 2.24) is 15.5 Å². The van der Waals surface area contributed by atoms with E-state index < -0.39 is 0 Å². The van der Waals surface area contributed by atoms with Gasteiger partial charge >= 0.3 is 0 Å². The maximum atomic E-state index is 11.2. The van der Waals surface area contributed by atoms with Gasteiger partial charge in [0, 0.05) is 39.1 Å². The molecule has 5 nitrogen and oxygen atoms in total. The number of nitrogens with zero attached hydrogens (tertiary/aromatic N) is 1. The zero-order valence-electron chi connectivity index (χ0n) is 11.0. The molecule has 5 heteroatoms. The molecule has 2 N–H and O–H groups in total. The molecule has 0 radical (unpaired) electrons. The molecule has 0 aromatic rings. The van der Waals surface area contributed by atoms with Crippen LogP contribution in [0.25, 0.3) is 0 Å². The van der Waals surface area contributed by atoms with E-state index in [0.717, 1.165) is 39.3 Å². The number of likely N-dealkylation sites (N-methyl/N-ethyl adjacent to an activating group) is 1. The highest BCUT2D eigenvalue weighted by Gasteiger charge is 2.20. The van der Waals surface area contributed by atoms with Gasteiger partial charge < -0.3 is 15.4 Å². The molecule has 1 aliphatic rings. The third kappa shape index (κ3) is 6.00. The Balaban J connectivity index is 2.16. The van der Waals surface area contributed by atoms with Crippen LogP contribution in [-0.2, 0) is 9.53 Å². The number of carbonyl (C=O) groups excluding carboxylic acids is 1. The zero-order chi connectivity index (χ0) is 12.5. The zero-order valence-corrected chi connectivity index (χ0v) is 11.0. The minimum atomic E-state index is 0.0957. The fourth-order valence-corrected chi connectivity index (χ4v) is 1.87. The molecule has 100 valence electrons. The summed E-state index contributed by atoms with van der Waals surface area (Å²) in [5, 5.41) is 6.20. The van der Waals surface area contributed by atoms with E-state index in [9.17, 15) is 4.79 Å². The average Bonchev–Trinajstić information content (AvgIpc) is 2.37. The molecule has 0 spiro atoms. The Labute approximate surface area is 104 Å². The monoisotopic (exact) mass is 243 g/mol. The predicted molar refractivity (Wildman–Crippen MR) is 68.0 cm³/mol. The van der Waals surface area contributed by atoms with E-state index in [1.165, 1.54) is 0 Å². The molecular weight excluding hydrogens is 218 g/mol. The van der Waals surface area contributed by atoms with Crippen molar-refractivity contribution in [1.29, 1.82) is 0 Å². The standard InChI is InChI=1S/C12H25N3O2/c1-3-12(16)14-9-11-10-15(7-8-17-11)6-5-13-4-2/h11,13H,3-10H2,1-2H3,(H,14,16). The van der Waals surface area contributed by atoms with Crippen LogP contribution in [0.5, 0.6) is 0 Å². The van der Waals surface area contributed by atoms with Gasteiger partial charge in [-0.05, 0) is 6.54 Å². The van der Waals surface area contributed by atoms with Gasteiger partial charge in [0.1, 0.15) is 0 Å². The number of carbonyl (C=O) groups is 1. The van der Waals surface area contributed by atoms with E-state index in [1.807, 2.05) is 6.92 Å². The Morgan fingerprint density at radius 3 is 3.00 bits per heavy atom. The lowest BCUT2D eigenvalue weighted by atomic mass is 10.2. The Bertz CT molecular complexity index is 224. The topological polar surface area (TPSA) is 53.6 Å². The van der Waals surface area contributed by atoms with Crippen LogP contribution in [0.1, 0.15) is 20.3 Å². The number of ether oxygens (including phenoxy) is 1. The summed E-state index contributed by atoms with van der Waals surface area (Å²) in [6.45, 7) is 10.4. The fourth-order valence-electron chi connectivity index (χ4n) is 1.87.